The van der Waals surface area contributed by atoms with Crippen molar-refractivity contribution in [2.75, 3.05) is 0 Å². The van der Waals surface area contributed by atoms with Gasteiger partial charge in [0.15, 0.2) is 17.5 Å². The zero-order chi connectivity index (χ0) is 26.1. The van der Waals surface area contributed by atoms with Crippen molar-refractivity contribution >= 4 is 30.1 Å². The van der Waals surface area contributed by atoms with E-state index in [2.05, 4.69) is 10.3 Å². The number of hydrogen-bond acceptors (Lipinski definition) is 9. The number of aromatic hydroxyl groups is 1. The second-order valence-electron chi connectivity index (χ2n) is 7.90. The third-order valence-electron chi connectivity index (χ3n) is 5.19. The minimum absolute atomic E-state index is 0.0914. The molecule has 1 heterocycles. The first-order valence-electron chi connectivity index (χ1n) is 10.6. The molecule has 1 aromatic rings. The second-order valence-corrected chi connectivity index (χ2v) is 7.90. The molecule has 1 unspecified atom stereocenters. The third kappa shape index (κ3) is 8.27. The molecular formula is C23H27N3O9. The fourth-order valence-corrected chi connectivity index (χ4v) is 3.17. The first-order chi connectivity index (χ1) is 16.5. The fourth-order valence-electron chi connectivity index (χ4n) is 3.17. The maximum absolute atomic E-state index is 12.1. The van der Waals surface area contributed by atoms with Gasteiger partial charge in [-0.3, -0.25) is 9.79 Å². The van der Waals surface area contributed by atoms with Crippen LogP contribution in [0, 0.1) is 6.92 Å². The number of nitrogens with zero attached hydrogens (tertiary/aromatic N) is 1. The van der Waals surface area contributed by atoms with Crippen LogP contribution in [0.25, 0.3) is 0 Å². The van der Waals surface area contributed by atoms with Crippen LogP contribution in [0.5, 0.6) is 11.5 Å². The van der Waals surface area contributed by atoms with Crippen LogP contribution in [-0.4, -0.2) is 68.6 Å². The van der Waals surface area contributed by atoms with Crippen LogP contribution < -0.4 is 15.8 Å². The van der Waals surface area contributed by atoms with E-state index in [0.717, 1.165) is 0 Å². The number of aliphatic imine (C=N–C) groups is 1. The first-order valence-corrected chi connectivity index (χ1v) is 10.6. The van der Waals surface area contributed by atoms with Crippen molar-refractivity contribution in [2.24, 2.45) is 10.7 Å². The molecule has 0 saturated heterocycles. The molecule has 1 aliphatic rings. The summed E-state index contributed by atoms with van der Waals surface area (Å²) >= 11 is 0. The number of aryl methyl sites for hydroxylation is 1. The highest BCUT2D eigenvalue weighted by atomic mass is 16.5. The average molecular weight is 489 g/mol. The molecule has 1 aromatic carbocycles. The van der Waals surface area contributed by atoms with Gasteiger partial charge in [-0.05, 0) is 60.5 Å². The molecule has 188 valence electrons. The molecule has 12 nitrogen and oxygen atoms in total. The van der Waals surface area contributed by atoms with E-state index in [-0.39, 0.29) is 37.2 Å². The average Bonchev–Trinajstić information content (AvgIpc) is 2.79. The number of nitrogens with two attached hydrogens (primary N) is 1. The number of hydrogen-bond donors (Lipinski definition) is 6. The smallest absolute Gasteiger partial charge is 0.328 e. The number of carbonyl (C=O) groups is 4. The Hall–Kier alpha value is -4.19. The summed E-state index contributed by atoms with van der Waals surface area (Å²) in [6, 6.07) is -0.601. The zero-order valence-electron chi connectivity index (χ0n) is 18.9. The molecule has 0 amide bonds. The Morgan fingerprint density at radius 1 is 1.26 bits per heavy atom. The zero-order valence-corrected chi connectivity index (χ0v) is 18.9. The highest BCUT2D eigenvalue weighted by Crippen LogP contribution is 2.31. The molecule has 3 atom stereocenters. The van der Waals surface area contributed by atoms with E-state index in [9.17, 15) is 29.4 Å². The Labute approximate surface area is 200 Å². The number of carbonyl (C=O) groups excluding carboxylic acids is 1. The molecule has 2 rings (SSSR count). The van der Waals surface area contributed by atoms with Gasteiger partial charge in [-0.2, -0.15) is 0 Å². The van der Waals surface area contributed by atoms with Gasteiger partial charge in [-0.1, -0.05) is 0 Å². The van der Waals surface area contributed by atoms with E-state index >= 15 is 0 Å². The molecule has 0 bridgehead atoms. The molecule has 0 saturated carbocycles. The summed E-state index contributed by atoms with van der Waals surface area (Å²) in [4.78, 5) is 49.7. The van der Waals surface area contributed by atoms with Gasteiger partial charge in [0.1, 0.15) is 12.1 Å². The number of ether oxygens (including phenoxy) is 1. The lowest BCUT2D eigenvalue weighted by Gasteiger charge is -2.17. The number of phenolic OH excluding ortho intramolecular Hbond substituents is 1. The predicted octanol–water partition coefficient (Wildman–Crippen LogP) is 0.751. The summed E-state index contributed by atoms with van der Waals surface area (Å²) in [5, 5.41) is 40.2. The van der Waals surface area contributed by atoms with Crippen LogP contribution in [0.2, 0.25) is 0 Å². The topological polar surface area (TPSA) is 209 Å². The summed E-state index contributed by atoms with van der Waals surface area (Å²) in [6.45, 7) is 1.63. The first kappa shape index (κ1) is 27.1. The number of nitrogens with one attached hydrogen (secondary N) is 1. The third-order valence-corrected chi connectivity index (χ3v) is 5.19. The second kappa shape index (κ2) is 12.3. The minimum Gasteiger partial charge on any atom is -0.504 e. The Kier molecular flexibility index (Phi) is 9.53. The minimum atomic E-state index is -1.22. The van der Waals surface area contributed by atoms with E-state index in [0.29, 0.717) is 16.7 Å². The maximum Gasteiger partial charge on any atom is 0.328 e. The summed E-state index contributed by atoms with van der Waals surface area (Å²) in [5.74, 6) is -4.90. The van der Waals surface area contributed by atoms with Gasteiger partial charge in [0.05, 0.1) is 0 Å². The Morgan fingerprint density at radius 2 is 1.97 bits per heavy atom. The number of carboxylic acids is 3. The number of esters is 1. The summed E-state index contributed by atoms with van der Waals surface area (Å²) < 4.78 is 5.10. The number of phenols is 1. The van der Waals surface area contributed by atoms with Crippen LogP contribution in [0.4, 0.5) is 0 Å². The molecule has 0 aromatic heterocycles. The van der Waals surface area contributed by atoms with E-state index in [1.165, 1.54) is 30.6 Å². The normalized spacial score (nSPS) is 18.1. The van der Waals surface area contributed by atoms with Gasteiger partial charge in [-0.15, -0.1) is 0 Å². The molecule has 1 aliphatic heterocycles. The number of benzene rings is 1. The molecule has 0 fully saturated rings. The summed E-state index contributed by atoms with van der Waals surface area (Å²) in [5.41, 5.74) is 7.25. The van der Waals surface area contributed by atoms with Crippen molar-refractivity contribution < 1.29 is 44.3 Å². The highest BCUT2D eigenvalue weighted by molar-refractivity contribution is 5.81. The standard InChI is InChI=1S/C23H27N3O9/c1-12-8-18(27)19(35-23(34)15(24)2-3-20(28)29)11-14(12)10-17(22(32)33)26-7-5-13-4-6-25-16(9-13)21(30)31/h4-8,11,15-17,25,27H,2-3,9-10,24H2,1H3,(H,28,29)(H,30,31)(H,32,33)/b13-5-,26-7-/t15-,16?,17-/m0/s1. The van der Waals surface area contributed by atoms with Crippen molar-refractivity contribution in [3.05, 3.63) is 47.2 Å². The molecule has 12 heteroatoms. The van der Waals surface area contributed by atoms with E-state index in [4.69, 9.17) is 20.7 Å². The van der Waals surface area contributed by atoms with Crippen molar-refractivity contribution in [3.63, 3.8) is 0 Å². The van der Waals surface area contributed by atoms with Crippen molar-refractivity contribution in [2.45, 2.75) is 50.7 Å². The van der Waals surface area contributed by atoms with Crippen LogP contribution in [0.1, 0.15) is 30.4 Å². The van der Waals surface area contributed by atoms with Gasteiger partial charge >= 0.3 is 23.9 Å². The quantitative estimate of drug-likeness (QED) is 0.145. The van der Waals surface area contributed by atoms with Crippen LogP contribution in [0.15, 0.2) is 41.1 Å². The Balaban J connectivity index is 2.15. The van der Waals surface area contributed by atoms with E-state index in [1.807, 2.05) is 0 Å². The van der Waals surface area contributed by atoms with Crippen LogP contribution in [0.3, 0.4) is 0 Å². The van der Waals surface area contributed by atoms with Crippen molar-refractivity contribution in [1.82, 2.24) is 5.32 Å². The van der Waals surface area contributed by atoms with Gasteiger partial charge in [-0.25, -0.2) is 14.4 Å². The Morgan fingerprint density at radius 3 is 2.60 bits per heavy atom. The van der Waals surface area contributed by atoms with Crippen molar-refractivity contribution in [3.8, 4) is 11.5 Å². The molecule has 0 spiro atoms. The fraction of sp³-hybridized carbons (Fsp3) is 0.348. The monoisotopic (exact) mass is 489 g/mol. The molecular weight excluding hydrogens is 462 g/mol. The number of rotatable bonds is 11. The lowest BCUT2D eigenvalue weighted by Crippen LogP contribution is -2.35. The maximum atomic E-state index is 12.1. The van der Waals surface area contributed by atoms with Crippen LogP contribution in [-0.2, 0) is 25.6 Å². The SMILES string of the molecule is Cc1cc(O)c(OC(=O)[C@@H](N)CCC(=O)O)cc1C[C@H](/N=C\C=C1\C=CNC(C(=O)O)C1)C(=O)O. The molecule has 0 radical (unpaired) electrons. The molecule has 7 N–H and O–H groups in total. The molecule has 0 aliphatic carbocycles. The summed E-state index contributed by atoms with van der Waals surface area (Å²) in [7, 11) is 0. The van der Waals surface area contributed by atoms with Gasteiger partial charge in [0.25, 0.3) is 0 Å². The van der Waals surface area contributed by atoms with Crippen LogP contribution >= 0.6 is 0 Å². The lowest BCUT2D eigenvalue weighted by atomic mass is 10.00. The lowest BCUT2D eigenvalue weighted by molar-refractivity contribution is -0.140. The number of carboxylic acid groups (broad SMARTS) is 3. The van der Waals surface area contributed by atoms with Gasteiger partial charge in [0.2, 0.25) is 0 Å². The predicted molar refractivity (Wildman–Crippen MR) is 123 cm³/mol. The van der Waals surface area contributed by atoms with Gasteiger partial charge < -0.3 is 36.2 Å². The largest absolute Gasteiger partial charge is 0.504 e. The Bertz CT molecular complexity index is 1080. The highest BCUT2D eigenvalue weighted by Gasteiger charge is 2.22. The van der Waals surface area contributed by atoms with Gasteiger partial charge in [0, 0.05) is 25.5 Å². The molecule has 35 heavy (non-hydrogen) atoms. The number of allylic oxidation sites excluding steroid dienone is 2. The summed E-state index contributed by atoms with van der Waals surface area (Å²) in [6.07, 6.45) is 5.60. The van der Waals surface area contributed by atoms with E-state index in [1.54, 1.807) is 13.0 Å². The van der Waals surface area contributed by atoms with Crippen molar-refractivity contribution in [1.29, 1.82) is 0 Å². The van der Waals surface area contributed by atoms with E-state index < -0.39 is 42.0 Å². The number of aliphatic carboxylic acids is 3.